The molecule has 1 rings (SSSR count). The monoisotopic (exact) mass is 210 g/mol. The molecule has 0 aliphatic heterocycles. The summed E-state index contributed by atoms with van der Waals surface area (Å²) in [6.07, 6.45) is 0. The third kappa shape index (κ3) is 3.11. The van der Waals surface area contributed by atoms with Gasteiger partial charge in [0.15, 0.2) is 0 Å². The highest BCUT2D eigenvalue weighted by Crippen LogP contribution is 2.21. The third-order valence-electron chi connectivity index (χ3n) is 1.83. The largest absolute Gasteiger partial charge is 0.383 e. The summed E-state index contributed by atoms with van der Waals surface area (Å²) < 4.78 is 4.91. The minimum absolute atomic E-state index is 0.205. The first-order chi connectivity index (χ1) is 6.77. The van der Waals surface area contributed by atoms with Crippen LogP contribution in [0.4, 0.5) is 0 Å². The number of ether oxygens (including phenoxy) is 1. The number of rotatable bonds is 5. The molecule has 0 aromatic carbocycles. The second-order valence-corrected chi connectivity index (χ2v) is 4.28. The van der Waals surface area contributed by atoms with Crippen LogP contribution in [0.2, 0.25) is 0 Å². The minimum Gasteiger partial charge on any atom is -0.383 e. The van der Waals surface area contributed by atoms with Crippen molar-refractivity contribution in [1.29, 1.82) is 5.26 Å². The van der Waals surface area contributed by atoms with Crippen LogP contribution in [0.15, 0.2) is 12.1 Å². The van der Waals surface area contributed by atoms with Gasteiger partial charge in [-0.2, -0.15) is 5.26 Å². The number of methoxy groups -OCH3 is 1. The molecule has 76 valence electrons. The van der Waals surface area contributed by atoms with Crippen molar-refractivity contribution in [1.82, 2.24) is 5.32 Å². The van der Waals surface area contributed by atoms with Gasteiger partial charge in [0.2, 0.25) is 0 Å². The van der Waals surface area contributed by atoms with Crippen molar-refractivity contribution >= 4 is 11.3 Å². The highest BCUT2D eigenvalue weighted by molar-refractivity contribution is 7.12. The van der Waals surface area contributed by atoms with E-state index < -0.39 is 0 Å². The molecule has 0 bridgehead atoms. The van der Waals surface area contributed by atoms with Crippen molar-refractivity contribution in [2.75, 3.05) is 20.3 Å². The molecule has 3 nitrogen and oxygen atoms in total. The van der Waals surface area contributed by atoms with Crippen LogP contribution in [-0.4, -0.2) is 20.3 Å². The lowest BCUT2D eigenvalue weighted by atomic mass is 10.2. The fourth-order valence-electron chi connectivity index (χ4n) is 1.12. The number of nitrogens with one attached hydrogen (secondary N) is 1. The molecule has 1 N–H and O–H groups in total. The summed E-state index contributed by atoms with van der Waals surface area (Å²) in [5, 5.41) is 12.1. The van der Waals surface area contributed by atoms with E-state index >= 15 is 0 Å². The maximum atomic E-state index is 8.94. The number of thiophene rings is 1. The summed E-state index contributed by atoms with van der Waals surface area (Å²) in [6, 6.07) is 6.05. The molecule has 0 fully saturated rings. The molecule has 0 aliphatic carbocycles. The average Bonchev–Trinajstić information content (AvgIpc) is 2.60. The van der Waals surface area contributed by atoms with Crippen molar-refractivity contribution in [2.45, 2.75) is 13.0 Å². The van der Waals surface area contributed by atoms with Gasteiger partial charge in [-0.1, -0.05) is 0 Å². The Hall–Kier alpha value is -0.890. The Labute approximate surface area is 88.3 Å². The third-order valence-corrected chi connectivity index (χ3v) is 2.89. The van der Waals surface area contributed by atoms with E-state index in [1.165, 1.54) is 4.88 Å². The normalized spacial score (nSPS) is 12.4. The van der Waals surface area contributed by atoms with Crippen molar-refractivity contribution in [3.8, 4) is 6.07 Å². The topological polar surface area (TPSA) is 45.0 Å². The Morgan fingerprint density at radius 3 is 2.93 bits per heavy atom. The van der Waals surface area contributed by atoms with Gasteiger partial charge in [0, 0.05) is 23.4 Å². The Balaban J connectivity index is 2.51. The molecule has 1 heterocycles. The van der Waals surface area contributed by atoms with Crippen LogP contribution >= 0.6 is 11.3 Å². The van der Waals surface area contributed by atoms with Gasteiger partial charge in [0.1, 0.15) is 6.04 Å². The summed E-state index contributed by atoms with van der Waals surface area (Å²) in [6.45, 7) is 3.37. The van der Waals surface area contributed by atoms with Gasteiger partial charge in [0.25, 0.3) is 0 Å². The van der Waals surface area contributed by atoms with E-state index in [0.717, 1.165) is 4.88 Å². The Morgan fingerprint density at radius 1 is 1.64 bits per heavy atom. The van der Waals surface area contributed by atoms with E-state index in [-0.39, 0.29) is 6.04 Å². The average molecular weight is 210 g/mol. The van der Waals surface area contributed by atoms with Gasteiger partial charge < -0.3 is 4.74 Å². The predicted octanol–water partition coefficient (Wildman–Crippen LogP) is 1.86. The summed E-state index contributed by atoms with van der Waals surface area (Å²) in [5.41, 5.74) is 0. The number of hydrogen-bond donors (Lipinski definition) is 1. The van der Waals surface area contributed by atoms with Crippen LogP contribution in [0.25, 0.3) is 0 Å². The van der Waals surface area contributed by atoms with E-state index in [9.17, 15) is 0 Å². The molecule has 0 saturated heterocycles. The lowest BCUT2D eigenvalue weighted by molar-refractivity contribution is 0.198. The van der Waals surface area contributed by atoms with Crippen molar-refractivity contribution in [2.24, 2.45) is 0 Å². The van der Waals surface area contributed by atoms with Crippen LogP contribution in [0, 0.1) is 18.3 Å². The highest BCUT2D eigenvalue weighted by atomic mass is 32.1. The number of nitrogens with zero attached hydrogens (tertiary/aromatic N) is 1. The van der Waals surface area contributed by atoms with E-state index in [4.69, 9.17) is 10.00 Å². The van der Waals surface area contributed by atoms with Crippen molar-refractivity contribution in [3.05, 3.63) is 21.9 Å². The SMILES string of the molecule is COCCNC(C#N)c1ccc(C)s1. The van der Waals surface area contributed by atoms with Gasteiger partial charge in [0.05, 0.1) is 12.7 Å². The fraction of sp³-hybridized carbons (Fsp3) is 0.500. The predicted molar refractivity (Wildman–Crippen MR) is 57.3 cm³/mol. The summed E-state index contributed by atoms with van der Waals surface area (Å²) in [5.74, 6) is 0. The molecule has 0 saturated carbocycles. The minimum atomic E-state index is -0.205. The zero-order valence-electron chi connectivity index (χ0n) is 8.41. The van der Waals surface area contributed by atoms with E-state index in [1.807, 2.05) is 19.1 Å². The molecular weight excluding hydrogens is 196 g/mol. The van der Waals surface area contributed by atoms with Gasteiger partial charge in [-0.15, -0.1) is 11.3 Å². The molecule has 0 radical (unpaired) electrons. The molecule has 1 atom stereocenters. The van der Waals surface area contributed by atoms with E-state index in [2.05, 4.69) is 11.4 Å². The molecule has 1 unspecified atom stereocenters. The maximum absolute atomic E-state index is 8.94. The lowest BCUT2D eigenvalue weighted by Crippen LogP contribution is -2.23. The first-order valence-corrected chi connectivity index (χ1v) is 5.28. The molecule has 1 aromatic rings. The molecule has 0 aliphatic rings. The number of hydrogen-bond acceptors (Lipinski definition) is 4. The standard InChI is InChI=1S/C10H14N2OS/c1-8-3-4-10(14-8)9(7-11)12-5-6-13-2/h3-4,9,12H,5-6H2,1-2H3. The summed E-state index contributed by atoms with van der Waals surface area (Å²) in [7, 11) is 1.65. The van der Waals surface area contributed by atoms with Crippen LogP contribution in [0.1, 0.15) is 15.8 Å². The van der Waals surface area contributed by atoms with Crippen molar-refractivity contribution < 1.29 is 4.74 Å². The molecule has 14 heavy (non-hydrogen) atoms. The van der Waals surface area contributed by atoms with Crippen LogP contribution < -0.4 is 5.32 Å². The smallest absolute Gasteiger partial charge is 0.130 e. The quantitative estimate of drug-likeness (QED) is 0.754. The number of nitriles is 1. The molecular formula is C10H14N2OS. The van der Waals surface area contributed by atoms with Gasteiger partial charge in [-0.25, -0.2) is 0 Å². The molecule has 4 heteroatoms. The highest BCUT2D eigenvalue weighted by Gasteiger charge is 2.10. The Kier molecular flexibility index (Phi) is 4.60. The zero-order valence-corrected chi connectivity index (χ0v) is 9.23. The lowest BCUT2D eigenvalue weighted by Gasteiger charge is -2.08. The summed E-state index contributed by atoms with van der Waals surface area (Å²) >= 11 is 1.65. The van der Waals surface area contributed by atoms with Crippen LogP contribution in [-0.2, 0) is 4.74 Å². The Morgan fingerprint density at radius 2 is 2.43 bits per heavy atom. The maximum Gasteiger partial charge on any atom is 0.130 e. The molecule has 0 spiro atoms. The second-order valence-electron chi connectivity index (χ2n) is 2.96. The first kappa shape index (κ1) is 11.2. The number of aryl methyl sites for hydroxylation is 1. The second kappa shape index (κ2) is 5.76. The van der Waals surface area contributed by atoms with Gasteiger partial charge in [-0.05, 0) is 19.1 Å². The first-order valence-electron chi connectivity index (χ1n) is 4.46. The van der Waals surface area contributed by atoms with Crippen molar-refractivity contribution in [3.63, 3.8) is 0 Å². The fourth-order valence-corrected chi connectivity index (χ4v) is 2.02. The van der Waals surface area contributed by atoms with Gasteiger partial charge >= 0.3 is 0 Å². The molecule has 0 amide bonds. The van der Waals surface area contributed by atoms with Crippen LogP contribution in [0.3, 0.4) is 0 Å². The molecule has 1 aromatic heterocycles. The summed E-state index contributed by atoms with van der Waals surface area (Å²) in [4.78, 5) is 2.30. The van der Waals surface area contributed by atoms with Gasteiger partial charge in [-0.3, -0.25) is 5.32 Å². The Bertz CT molecular complexity index is 316. The zero-order chi connectivity index (χ0) is 10.4. The van der Waals surface area contributed by atoms with E-state index in [0.29, 0.717) is 13.2 Å². The van der Waals surface area contributed by atoms with E-state index in [1.54, 1.807) is 18.4 Å². The van der Waals surface area contributed by atoms with Crippen LogP contribution in [0.5, 0.6) is 0 Å².